The van der Waals surface area contributed by atoms with Gasteiger partial charge in [0.05, 0.1) is 5.69 Å². The monoisotopic (exact) mass is 512 g/mol. The first-order valence-electron chi connectivity index (χ1n) is 11.4. The van der Waals surface area contributed by atoms with E-state index in [1.54, 1.807) is 44.2 Å². The zero-order chi connectivity index (χ0) is 26.0. The van der Waals surface area contributed by atoms with Crippen LogP contribution in [-0.2, 0) is 13.2 Å². The summed E-state index contributed by atoms with van der Waals surface area (Å²) < 4.78 is 21.1. The average molecular weight is 513 g/mol. The highest BCUT2D eigenvalue weighted by molar-refractivity contribution is 6.31. The third-order valence-corrected chi connectivity index (χ3v) is 6.29. The van der Waals surface area contributed by atoms with Crippen molar-refractivity contribution in [2.75, 3.05) is 0 Å². The number of aromatic nitrogens is 1. The summed E-state index contributed by atoms with van der Waals surface area (Å²) in [5, 5.41) is 5.39. The van der Waals surface area contributed by atoms with E-state index in [1.165, 1.54) is 16.7 Å². The standard InChI is InChI=1S/C26H26ClFN4O4/c1-14-3-4-16(24(29)33)11-21(14)32-15(2)9-22(23(27)25(32)34)36-13-17-5-6-19(28)10-18(17)12-30-26(35)31-20-7-8-20/h3-6,9-11,20H,7-8,12-13H2,1-2H3,(H2,29,33)(H2,30,31,35). The van der Waals surface area contributed by atoms with Gasteiger partial charge in [-0.3, -0.25) is 14.2 Å². The number of carbonyl (C=O) groups excluding carboxylic acids is 2. The first-order valence-corrected chi connectivity index (χ1v) is 11.8. The maximum Gasteiger partial charge on any atom is 0.315 e. The Balaban J connectivity index is 1.56. The number of ether oxygens (including phenoxy) is 1. The molecule has 1 aliphatic rings. The molecule has 10 heteroatoms. The molecule has 1 aromatic heterocycles. The largest absolute Gasteiger partial charge is 0.487 e. The second kappa shape index (κ2) is 10.4. The Morgan fingerprint density at radius 1 is 1.14 bits per heavy atom. The Kier molecular flexibility index (Phi) is 7.30. The summed E-state index contributed by atoms with van der Waals surface area (Å²) in [6.07, 6.45) is 1.92. The normalized spacial score (nSPS) is 12.8. The Morgan fingerprint density at radius 3 is 2.58 bits per heavy atom. The van der Waals surface area contributed by atoms with Gasteiger partial charge in [-0.25, -0.2) is 9.18 Å². The Hall–Kier alpha value is -3.85. The van der Waals surface area contributed by atoms with Crippen molar-refractivity contribution >= 4 is 23.5 Å². The molecule has 3 aromatic rings. The molecule has 188 valence electrons. The van der Waals surface area contributed by atoms with Crippen molar-refractivity contribution in [1.82, 2.24) is 15.2 Å². The highest BCUT2D eigenvalue weighted by Crippen LogP contribution is 2.26. The molecule has 2 aromatic carbocycles. The predicted molar refractivity (Wildman–Crippen MR) is 134 cm³/mol. The molecule has 0 aliphatic heterocycles. The number of rotatable bonds is 8. The fourth-order valence-corrected chi connectivity index (χ4v) is 3.98. The van der Waals surface area contributed by atoms with Gasteiger partial charge in [0.1, 0.15) is 23.2 Å². The van der Waals surface area contributed by atoms with Crippen LogP contribution in [0.1, 0.15) is 45.6 Å². The highest BCUT2D eigenvalue weighted by atomic mass is 35.5. The van der Waals surface area contributed by atoms with Crippen molar-refractivity contribution in [1.29, 1.82) is 0 Å². The average Bonchev–Trinajstić information content (AvgIpc) is 3.65. The maximum atomic E-state index is 13.9. The van der Waals surface area contributed by atoms with Gasteiger partial charge in [-0.05, 0) is 67.6 Å². The zero-order valence-electron chi connectivity index (χ0n) is 19.9. The lowest BCUT2D eigenvalue weighted by molar-refractivity contribution is 0.1000. The van der Waals surface area contributed by atoms with Gasteiger partial charge in [-0.2, -0.15) is 0 Å². The van der Waals surface area contributed by atoms with Crippen LogP contribution in [-0.4, -0.2) is 22.5 Å². The first kappa shape index (κ1) is 25.2. The van der Waals surface area contributed by atoms with Crippen LogP contribution in [0.15, 0.2) is 47.3 Å². The van der Waals surface area contributed by atoms with E-state index in [9.17, 15) is 18.8 Å². The lowest BCUT2D eigenvalue weighted by Gasteiger charge is -2.17. The van der Waals surface area contributed by atoms with E-state index in [-0.39, 0.29) is 41.6 Å². The molecule has 3 amide bonds. The SMILES string of the molecule is Cc1ccc(C(N)=O)cc1-n1c(C)cc(OCc2ccc(F)cc2CNC(=O)NC2CC2)c(Cl)c1=O. The molecule has 0 spiro atoms. The van der Waals surface area contributed by atoms with Crippen LogP contribution in [0.5, 0.6) is 5.75 Å². The van der Waals surface area contributed by atoms with Crippen molar-refractivity contribution in [3.8, 4) is 11.4 Å². The molecule has 1 heterocycles. The first-order chi connectivity index (χ1) is 17.1. The second-order valence-electron chi connectivity index (χ2n) is 8.77. The number of carbonyl (C=O) groups is 2. The highest BCUT2D eigenvalue weighted by Gasteiger charge is 2.23. The molecule has 0 bridgehead atoms. The van der Waals surface area contributed by atoms with Gasteiger partial charge in [-0.1, -0.05) is 23.7 Å². The number of urea groups is 1. The van der Waals surface area contributed by atoms with Crippen LogP contribution in [0.3, 0.4) is 0 Å². The number of halogens is 2. The lowest BCUT2D eigenvalue weighted by Crippen LogP contribution is -2.36. The number of hydrogen-bond donors (Lipinski definition) is 3. The molecular weight excluding hydrogens is 487 g/mol. The van der Waals surface area contributed by atoms with E-state index in [1.807, 2.05) is 0 Å². The van der Waals surface area contributed by atoms with E-state index in [0.29, 0.717) is 22.5 Å². The van der Waals surface area contributed by atoms with Crippen LogP contribution < -0.4 is 26.7 Å². The molecular formula is C26H26ClFN4O4. The lowest BCUT2D eigenvalue weighted by atomic mass is 10.1. The number of aryl methyl sites for hydroxylation is 2. The minimum atomic E-state index is -0.609. The Morgan fingerprint density at radius 2 is 1.89 bits per heavy atom. The smallest absolute Gasteiger partial charge is 0.315 e. The summed E-state index contributed by atoms with van der Waals surface area (Å²) in [4.78, 5) is 36.8. The number of nitrogens with one attached hydrogen (secondary N) is 2. The number of primary amides is 1. The van der Waals surface area contributed by atoms with Crippen LogP contribution in [0.4, 0.5) is 9.18 Å². The summed E-state index contributed by atoms with van der Waals surface area (Å²) >= 11 is 6.39. The molecule has 4 N–H and O–H groups in total. The van der Waals surface area contributed by atoms with Gasteiger partial charge < -0.3 is 21.1 Å². The number of pyridine rings is 1. The molecule has 0 radical (unpaired) electrons. The fourth-order valence-electron chi connectivity index (χ4n) is 3.78. The minimum Gasteiger partial charge on any atom is -0.487 e. The van der Waals surface area contributed by atoms with Crippen molar-refractivity contribution < 1.29 is 18.7 Å². The van der Waals surface area contributed by atoms with E-state index < -0.39 is 17.3 Å². The van der Waals surface area contributed by atoms with Gasteiger partial charge in [0.2, 0.25) is 5.91 Å². The molecule has 36 heavy (non-hydrogen) atoms. The van der Waals surface area contributed by atoms with E-state index >= 15 is 0 Å². The van der Waals surface area contributed by atoms with Crippen LogP contribution in [0.2, 0.25) is 5.02 Å². The van der Waals surface area contributed by atoms with E-state index in [4.69, 9.17) is 22.1 Å². The van der Waals surface area contributed by atoms with Gasteiger partial charge in [0.25, 0.3) is 5.56 Å². The third kappa shape index (κ3) is 5.68. The van der Waals surface area contributed by atoms with Crippen molar-refractivity contribution in [2.45, 2.75) is 45.9 Å². The summed E-state index contributed by atoms with van der Waals surface area (Å²) in [5.74, 6) is -0.889. The van der Waals surface area contributed by atoms with Crippen LogP contribution in [0.25, 0.3) is 5.69 Å². The molecule has 1 saturated carbocycles. The molecule has 4 rings (SSSR count). The topological polar surface area (TPSA) is 115 Å². The fraction of sp³-hybridized carbons (Fsp3) is 0.269. The number of nitrogens with two attached hydrogens (primary N) is 1. The van der Waals surface area contributed by atoms with E-state index in [0.717, 1.165) is 18.4 Å². The number of nitrogens with zero attached hydrogens (tertiary/aromatic N) is 1. The summed E-state index contributed by atoms with van der Waals surface area (Å²) in [6.45, 7) is 3.63. The van der Waals surface area contributed by atoms with Gasteiger partial charge in [-0.15, -0.1) is 0 Å². The molecule has 0 saturated heterocycles. The quantitative estimate of drug-likeness (QED) is 0.424. The maximum absolute atomic E-state index is 13.9. The number of hydrogen-bond acceptors (Lipinski definition) is 4. The number of benzene rings is 2. The van der Waals surface area contributed by atoms with Gasteiger partial charge in [0.15, 0.2) is 0 Å². The molecule has 1 aliphatic carbocycles. The third-order valence-electron chi connectivity index (χ3n) is 5.94. The molecule has 1 fully saturated rings. The Labute approximate surface area is 212 Å². The Bertz CT molecular complexity index is 1400. The predicted octanol–water partition coefficient (Wildman–Crippen LogP) is 3.89. The van der Waals surface area contributed by atoms with Gasteiger partial charge >= 0.3 is 6.03 Å². The minimum absolute atomic E-state index is 0.000336. The van der Waals surface area contributed by atoms with E-state index in [2.05, 4.69) is 10.6 Å². The summed E-state index contributed by atoms with van der Waals surface area (Å²) in [6, 6.07) is 10.5. The van der Waals surface area contributed by atoms with Gasteiger partial charge in [0, 0.05) is 29.9 Å². The summed E-state index contributed by atoms with van der Waals surface area (Å²) in [5.41, 5.74) is 8.08. The second-order valence-corrected chi connectivity index (χ2v) is 9.15. The van der Waals surface area contributed by atoms with Crippen molar-refractivity contribution in [2.24, 2.45) is 5.73 Å². The van der Waals surface area contributed by atoms with Crippen molar-refractivity contribution in [3.63, 3.8) is 0 Å². The van der Waals surface area contributed by atoms with Crippen molar-refractivity contribution in [3.05, 3.63) is 91.6 Å². The summed E-state index contributed by atoms with van der Waals surface area (Å²) in [7, 11) is 0. The molecule has 0 atom stereocenters. The molecule has 8 nitrogen and oxygen atoms in total. The zero-order valence-corrected chi connectivity index (χ0v) is 20.6. The van der Waals surface area contributed by atoms with Crippen LogP contribution in [0, 0.1) is 19.7 Å². The molecule has 0 unspecified atom stereocenters. The number of amides is 3. The van der Waals surface area contributed by atoms with Crippen LogP contribution >= 0.6 is 11.6 Å².